The van der Waals surface area contributed by atoms with E-state index >= 15 is 0 Å². The minimum absolute atomic E-state index is 0.0256. The van der Waals surface area contributed by atoms with Gasteiger partial charge in [-0.05, 0) is 52.7 Å². The van der Waals surface area contributed by atoms with Gasteiger partial charge in [0.15, 0.2) is 11.3 Å². The topological polar surface area (TPSA) is 100 Å². The van der Waals surface area contributed by atoms with Crippen molar-refractivity contribution < 1.29 is 24.5 Å². The van der Waals surface area contributed by atoms with Crippen molar-refractivity contribution in [2.45, 2.75) is 59.2 Å². The molecule has 6 nitrogen and oxygen atoms in total. The van der Waals surface area contributed by atoms with Gasteiger partial charge in [0.25, 0.3) is 0 Å². The van der Waals surface area contributed by atoms with E-state index in [4.69, 9.17) is 9.15 Å². The van der Waals surface area contributed by atoms with E-state index in [9.17, 15) is 20.1 Å². The first-order valence-electron chi connectivity index (χ1n) is 9.98. The molecule has 3 N–H and O–H groups in total. The number of fused-ring (bicyclic) bond motifs is 4. The van der Waals surface area contributed by atoms with Gasteiger partial charge >= 0.3 is 0 Å². The monoisotopic (exact) mass is 410 g/mol. The summed E-state index contributed by atoms with van der Waals surface area (Å²) in [6.45, 7) is 9.27. The maximum absolute atomic E-state index is 13.5. The largest absolute Gasteiger partial charge is 0.507 e. The first kappa shape index (κ1) is 20.3. The standard InChI is InChI=1S/C24H26O6/c1-11(2)6-7-13-12(3)8-17-20(21(13)27)22(28)19-14-9-18(26)24(4,5)30-16(14)10-15(25)23(19)29-17/h6,8,10,18,25-27H,7,9H2,1-5H3. The Bertz CT molecular complexity index is 1280. The molecule has 4 rings (SSSR count). The first-order valence-corrected chi connectivity index (χ1v) is 9.98. The van der Waals surface area contributed by atoms with Crippen molar-refractivity contribution in [3.8, 4) is 17.2 Å². The van der Waals surface area contributed by atoms with Crippen molar-refractivity contribution in [1.82, 2.24) is 0 Å². The predicted molar refractivity (Wildman–Crippen MR) is 116 cm³/mol. The third-order valence-electron chi connectivity index (χ3n) is 5.87. The highest BCUT2D eigenvalue weighted by Crippen LogP contribution is 2.42. The highest BCUT2D eigenvalue weighted by atomic mass is 16.5. The molecule has 158 valence electrons. The van der Waals surface area contributed by atoms with E-state index in [1.165, 1.54) is 6.07 Å². The lowest BCUT2D eigenvalue weighted by molar-refractivity contribution is -0.0408. The molecule has 6 heteroatoms. The number of aryl methyl sites for hydroxylation is 1. The number of benzene rings is 2. The number of allylic oxidation sites excluding steroid dienone is 2. The van der Waals surface area contributed by atoms with Crippen LogP contribution in [0.4, 0.5) is 0 Å². The number of ether oxygens (including phenoxy) is 1. The maximum Gasteiger partial charge on any atom is 0.204 e. The predicted octanol–water partition coefficient (Wildman–Crippen LogP) is 4.25. The molecule has 1 aliphatic heterocycles. The number of phenols is 2. The van der Waals surface area contributed by atoms with Crippen LogP contribution in [0.3, 0.4) is 0 Å². The minimum atomic E-state index is -0.860. The van der Waals surface area contributed by atoms with Crippen molar-refractivity contribution in [2.75, 3.05) is 0 Å². The Morgan fingerprint density at radius 3 is 2.60 bits per heavy atom. The highest BCUT2D eigenvalue weighted by Gasteiger charge is 2.38. The van der Waals surface area contributed by atoms with Crippen LogP contribution in [-0.4, -0.2) is 27.0 Å². The van der Waals surface area contributed by atoms with Crippen LogP contribution in [0.15, 0.2) is 33.0 Å². The minimum Gasteiger partial charge on any atom is -0.507 e. The Balaban J connectivity index is 2.09. The van der Waals surface area contributed by atoms with Crippen LogP contribution in [0.1, 0.15) is 44.4 Å². The number of aromatic hydroxyl groups is 2. The second-order valence-corrected chi connectivity index (χ2v) is 8.81. The van der Waals surface area contributed by atoms with E-state index in [0.29, 0.717) is 23.3 Å². The molecular formula is C24H26O6. The third kappa shape index (κ3) is 3.03. The van der Waals surface area contributed by atoms with Gasteiger partial charge in [-0.1, -0.05) is 11.6 Å². The number of rotatable bonds is 2. The molecule has 0 bridgehead atoms. The Morgan fingerprint density at radius 2 is 1.93 bits per heavy atom. The molecule has 30 heavy (non-hydrogen) atoms. The van der Waals surface area contributed by atoms with Gasteiger partial charge in [0.1, 0.15) is 28.1 Å². The molecule has 1 aliphatic rings. The van der Waals surface area contributed by atoms with E-state index < -0.39 is 17.1 Å². The Kier molecular flexibility index (Phi) is 4.58. The van der Waals surface area contributed by atoms with Crippen molar-refractivity contribution >= 4 is 21.9 Å². The van der Waals surface area contributed by atoms with Crippen LogP contribution < -0.4 is 10.2 Å². The summed E-state index contributed by atoms with van der Waals surface area (Å²) in [5.41, 5.74) is 1.93. The summed E-state index contributed by atoms with van der Waals surface area (Å²) in [6, 6.07) is 3.12. The number of aliphatic hydroxyl groups is 1. The summed E-state index contributed by atoms with van der Waals surface area (Å²) < 4.78 is 11.8. The second kappa shape index (κ2) is 6.77. The third-order valence-corrected chi connectivity index (χ3v) is 5.87. The van der Waals surface area contributed by atoms with E-state index in [-0.39, 0.29) is 39.9 Å². The quantitative estimate of drug-likeness (QED) is 0.431. The van der Waals surface area contributed by atoms with Crippen molar-refractivity contribution in [2.24, 2.45) is 0 Å². The fraction of sp³-hybridized carbons (Fsp3) is 0.375. The summed E-state index contributed by atoms with van der Waals surface area (Å²) in [6.07, 6.45) is 1.80. The van der Waals surface area contributed by atoms with Gasteiger partial charge in [0.05, 0.1) is 11.5 Å². The molecule has 1 unspecified atom stereocenters. The molecule has 0 spiro atoms. The Hall–Kier alpha value is -2.99. The average Bonchev–Trinajstić information content (AvgIpc) is 2.62. The van der Waals surface area contributed by atoms with Gasteiger partial charge in [-0.3, -0.25) is 4.79 Å². The SMILES string of the molecule is CC(C)=CCc1c(C)cc2oc3c(O)cc4c(c3c(=O)c2c1O)CC(O)C(C)(C)O4. The fourth-order valence-corrected chi connectivity index (χ4v) is 4.00. The Morgan fingerprint density at radius 1 is 1.23 bits per heavy atom. The fourth-order valence-electron chi connectivity index (χ4n) is 4.00. The molecule has 2 aromatic carbocycles. The molecule has 0 fully saturated rings. The Labute approximate surface area is 174 Å². The van der Waals surface area contributed by atoms with E-state index in [2.05, 4.69) is 0 Å². The summed E-state index contributed by atoms with van der Waals surface area (Å²) in [5, 5.41) is 32.2. The summed E-state index contributed by atoms with van der Waals surface area (Å²) in [4.78, 5) is 13.5. The highest BCUT2D eigenvalue weighted by molar-refractivity contribution is 5.98. The maximum atomic E-state index is 13.5. The molecular weight excluding hydrogens is 384 g/mol. The van der Waals surface area contributed by atoms with Crippen LogP contribution in [0, 0.1) is 6.92 Å². The lowest BCUT2D eigenvalue weighted by Crippen LogP contribution is -2.46. The molecule has 3 aromatic rings. The van der Waals surface area contributed by atoms with Gasteiger partial charge in [0, 0.05) is 23.6 Å². The molecule has 0 aliphatic carbocycles. The van der Waals surface area contributed by atoms with Crippen LogP contribution in [-0.2, 0) is 12.8 Å². The zero-order valence-corrected chi connectivity index (χ0v) is 17.8. The van der Waals surface area contributed by atoms with Crippen LogP contribution >= 0.6 is 0 Å². The summed E-state index contributed by atoms with van der Waals surface area (Å²) >= 11 is 0. The van der Waals surface area contributed by atoms with E-state index in [1.807, 2.05) is 26.8 Å². The van der Waals surface area contributed by atoms with Crippen LogP contribution in [0.25, 0.3) is 21.9 Å². The number of aliphatic hydroxyl groups excluding tert-OH is 1. The molecule has 0 radical (unpaired) electrons. The number of hydrogen-bond acceptors (Lipinski definition) is 6. The van der Waals surface area contributed by atoms with Crippen molar-refractivity contribution in [3.05, 3.63) is 50.7 Å². The molecule has 1 aromatic heterocycles. The molecule has 0 amide bonds. The van der Waals surface area contributed by atoms with Gasteiger partial charge in [-0.25, -0.2) is 0 Å². The van der Waals surface area contributed by atoms with Crippen LogP contribution in [0.2, 0.25) is 0 Å². The first-order chi connectivity index (χ1) is 14.0. The van der Waals surface area contributed by atoms with Gasteiger partial charge in [-0.2, -0.15) is 0 Å². The van der Waals surface area contributed by atoms with Gasteiger partial charge in [0.2, 0.25) is 5.43 Å². The van der Waals surface area contributed by atoms with E-state index in [1.54, 1.807) is 19.9 Å². The summed E-state index contributed by atoms with van der Waals surface area (Å²) in [7, 11) is 0. The molecule has 0 saturated heterocycles. The zero-order valence-electron chi connectivity index (χ0n) is 17.8. The van der Waals surface area contributed by atoms with Gasteiger partial charge < -0.3 is 24.5 Å². The summed E-state index contributed by atoms with van der Waals surface area (Å²) in [5.74, 6) is -0.00753. The molecule has 0 saturated carbocycles. The lowest BCUT2D eigenvalue weighted by Gasteiger charge is -2.37. The van der Waals surface area contributed by atoms with Gasteiger partial charge in [-0.15, -0.1) is 0 Å². The van der Waals surface area contributed by atoms with Crippen molar-refractivity contribution in [3.63, 3.8) is 0 Å². The number of phenolic OH excluding ortho intramolecular Hbond substituents is 2. The molecule has 2 heterocycles. The normalized spacial score (nSPS) is 17.6. The lowest BCUT2D eigenvalue weighted by atomic mass is 9.88. The number of hydrogen-bond donors (Lipinski definition) is 3. The second-order valence-electron chi connectivity index (χ2n) is 8.81. The van der Waals surface area contributed by atoms with Crippen molar-refractivity contribution in [1.29, 1.82) is 0 Å². The molecule has 1 atom stereocenters. The smallest absolute Gasteiger partial charge is 0.204 e. The van der Waals surface area contributed by atoms with E-state index in [0.717, 1.165) is 11.1 Å². The zero-order chi connectivity index (χ0) is 22.0. The average molecular weight is 410 g/mol. The van der Waals surface area contributed by atoms with Crippen LogP contribution in [0.5, 0.6) is 17.2 Å².